The molecule has 1 nitrogen and oxygen atoms in total. The summed E-state index contributed by atoms with van der Waals surface area (Å²) in [6.45, 7) is 3.40. The van der Waals surface area contributed by atoms with Crippen molar-refractivity contribution in [2.45, 2.75) is 25.3 Å². The Morgan fingerprint density at radius 3 is 2.78 bits per heavy atom. The number of halogens is 1. The van der Waals surface area contributed by atoms with Gasteiger partial charge in [-0.3, -0.25) is 0 Å². The van der Waals surface area contributed by atoms with E-state index < -0.39 is 0 Å². The van der Waals surface area contributed by atoms with Crippen LogP contribution in [-0.4, -0.2) is 6.54 Å². The van der Waals surface area contributed by atoms with Crippen molar-refractivity contribution in [2.75, 3.05) is 11.4 Å². The van der Waals surface area contributed by atoms with Crippen molar-refractivity contribution in [2.24, 2.45) is 0 Å². The van der Waals surface area contributed by atoms with E-state index in [0.717, 1.165) is 13.0 Å². The molecule has 0 spiro atoms. The van der Waals surface area contributed by atoms with Gasteiger partial charge in [0.15, 0.2) is 0 Å². The van der Waals surface area contributed by atoms with Crippen LogP contribution >= 0.6 is 22.9 Å². The molecule has 0 saturated heterocycles. The van der Waals surface area contributed by atoms with Crippen LogP contribution in [0.25, 0.3) is 0 Å². The second-order valence-corrected chi connectivity index (χ2v) is 5.99. The first-order valence-electron chi connectivity index (χ1n) is 6.27. The van der Waals surface area contributed by atoms with Gasteiger partial charge in [-0.05, 0) is 48.1 Å². The largest absolute Gasteiger partial charge is 0.364 e. The molecule has 18 heavy (non-hydrogen) atoms. The lowest BCUT2D eigenvalue weighted by Crippen LogP contribution is -2.32. The summed E-state index contributed by atoms with van der Waals surface area (Å²) in [6, 6.07) is 11.4. The molecule has 0 N–H and O–H groups in total. The first-order chi connectivity index (χ1) is 8.79. The lowest BCUT2D eigenvalue weighted by atomic mass is 10.0. The molecule has 0 amide bonds. The predicted molar refractivity (Wildman–Crippen MR) is 79.8 cm³/mol. The zero-order valence-corrected chi connectivity index (χ0v) is 12.0. The maximum absolute atomic E-state index is 5.83. The zero-order valence-electron chi connectivity index (χ0n) is 10.4. The third kappa shape index (κ3) is 2.04. The molecule has 1 atom stereocenters. The number of anilines is 1. The Morgan fingerprint density at radius 2 is 2.06 bits per heavy atom. The average Bonchev–Trinajstić information content (AvgIpc) is 2.89. The Hall–Kier alpha value is -0.990. The van der Waals surface area contributed by atoms with E-state index in [1.54, 1.807) is 4.88 Å². The van der Waals surface area contributed by atoms with Crippen molar-refractivity contribution in [1.82, 2.24) is 0 Å². The number of rotatable bonds is 2. The van der Waals surface area contributed by atoms with Gasteiger partial charge in [0.25, 0.3) is 0 Å². The molecule has 2 aromatic rings. The summed E-state index contributed by atoms with van der Waals surface area (Å²) in [5, 5.41) is 2.21. The molecule has 0 fully saturated rings. The summed E-state index contributed by atoms with van der Waals surface area (Å²) in [7, 11) is 0. The quantitative estimate of drug-likeness (QED) is 0.725. The third-order valence-electron chi connectivity index (χ3n) is 3.70. The van der Waals surface area contributed by atoms with Crippen LogP contribution in [-0.2, 0) is 12.3 Å². The topological polar surface area (TPSA) is 3.24 Å². The Labute approximate surface area is 117 Å². The van der Waals surface area contributed by atoms with E-state index in [1.807, 2.05) is 11.3 Å². The Balaban J connectivity index is 1.89. The standard InChI is InChI=1S/C15H16ClNS/c1-11-14-7-9-18-15(14)6-8-17(11)13-4-2-12(10-16)3-5-13/h2-5,7,9,11H,6,8,10H2,1H3. The Bertz CT molecular complexity index is 532. The molecule has 1 aliphatic rings. The highest BCUT2D eigenvalue weighted by atomic mass is 35.5. The van der Waals surface area contributed by atoms with Crippen molar-refractivity contribution in [3.05, 3.63) is 51.7 Å². The highest BCUT2D eigenvalue weighted by molar-refractivity contribution is 7.10. The van der Waals surface area contributed by atoms with Gasteiger partial charge in [0.1, 0.15) is 0 Å². The smallest absolute Gasteiger partial charge is 0.0525 e. The third-order valence-corrected chi connectivity index (χ3v) is 5.00. The van der Waals surface area contributed by atoms with E-state index in [9.17, 15) is 0 Å². The Morgan fingerprint density at radius 1 is 1.28 bits per heavy atom. The first kappa shape index (κ1) is 12.1. The minimum absolute atomic E-state index is 0.474. The highest BCUT2D eigenvalue weighted by Crippen LogP contribution is 2.35. The molecular formula is C15H16ClNS. The minimum Gasteiger partial charge on any atom is -0.364 e. The van der Waals surface area contributed by atoms with Crippen LogP contribution in [0, 0.1) is 0 Å². The van der Waals surface area contributed by atoms with Gasteiger partial charge in [-0.15, -0.1) is 22.9 Å². The van der Waals surface area contributed by atoms with Gasteiger partial charge in [-0.25, -0.2) is 0 Å². The fourth-order valence-electron chi connectivity index (χ4n) is 2.64. The molecule has 0 aliphatic carbocycles. The maximum atomic E-state index is 5.83. The van der Waals surface area contributed by atoms with E-state index in [1.165, 1.54) is 16.8 Å². The van der Waals surface area contributed by atoms with Gasteiger partial charge in [0.2, 0.25) is 0 Å². The van der Waals surface area contributed by atoms with Crippen molar-refractivity contribution in [3.8, 4) is 0 Å². The second kappa shape index (κ2) is 4.94. The summed E-state index contributed by atoms with van der Waals surface area (Å²) >= 11 is 7.72. The molecule has 1 aromatic carbocycles. The fraction of sp³-hybridized carbons (Fsp3) is 0.333. The summed E-state index contributed by atoms with van der Waals surface area (Å²) in [4.78, 5) is 4.03. The van der Waals surface area contributed by atoms with Gasteiger partial charge in [-0.2, -0.15) is 0 Å². The van der Waals surface area contributed by atoms with Crippen molar-refractivity contribution in [1.29, 1.82) is 0 Å². The van der Waals surface area contributed by atoms with Gasteiger partial charge in [0, 0.05) is 23.0 Å². The van der Waals surface area contributed by atoms with E-state index in [2.05, 4.69) is 47.5 Å². The van der Waals surface area contributed by atoms with Crippen molar-refractivity contribution >= 4 is 28.6 Å². The number of hydrogen-bond donors (Lipinski definition) is 0. The molecule has 3 rings (SSSR count). The molecule has 0 bridgehead atoms. The van der Waals surface area contributed by atoms with Crippen molar-refractivity contribution < 1.29 is 0 Å². The van der Waals surface area contributed by atoms with E-state index in [-0.39, 0.29) is 0 Å². The van der Waals surface area contributed by atoms with Crippen LogP contribution in [0.2, 0.25) is 0 Å². The van der Waals surface area contributed by atoms with Crippen LogP contribution in [0.4, 0.5) is 5.69 Å². The number of nitrogens with zero attached hydrogens (tertiary/aromatic N) is 1. The lowest BCUT2D eigenvalue weighted by Gasteiger charge is -2.35. The van der Waals surface area contributed by atoms with Crippen LogP contribution in [0.15, 0.2) is 35.7 Å². The number of thiophene rings is 1. The molecule has 0 saturated carbocycles. The fourth-order valence-corrected chi connectivity index (χ4v) is 3.78. The summed E-state index contributed by atoms with van der Waals surface area (Å²) in [6.07, 6.45) is 1.16. The molecule has 94 valence electrons. The maximum Gasteiger partial charge on any atom is 0.0525 e. The SMILES string of the molecule is CC1c2ccsc2CCN1c1ccc(CCl)cc1. The predicted octanol–water partition coefficient (Wildman–Crippen LogP) is 4.61. The molecule has 3 heteroatoms. The van der Waals surface area contributed by atoms with E-state index >= 15 is 0 Å². The molecule has 0 radical (unpaired) electrons. The average molecular weight is 278 g/mol. The second-order valence-electron chi connectivity index (χ2n) is 4.72. The van der Waals surface area contributed by atoms with Gasteiger partial charge < -0.3 is 4.90 Å². The summed E-state index contributed by atoms with van der Waals surface area (Å²) < 4.78 is 0. The number of fused-ring (bicyclic) bond motifs is 1. The van der Waals surface area contributed by atoms with Crippen LogP contribution in [0.3, 0.4) is 0 Å². The molecular weight excluding hydrogens is 262 g/mol. The number of benzene rings is 1. The zero-order chi connectivity index (χ0) is 12.5. The highest BCUT2D eigenvalue weighted by Gasteiger charge is 2.24. The van der Waals surface area contributed by atoms with Crippen molar-refractivity contribution in [3.63, 3.8) is 0 Å². The van der Waals surface area contributed by atoms with Gasteiger partial charge in [0.05, 0.1) is 6.04 Å². The first-order valence-corrected chi connectivity index (χ1v) is 7.69. The Kier molecular flexibility index (Phi) is 3.31. The van der Waals surface area contributed by atoms with Crippen LogP contribution in [0.5, 0.6) is 0 Å². The van der Waals surface area contributed by atoms with E-state index in [4.69, 9.17) is 11.6 Å². The monoisotopic (exact) mass is 277 g/mol. The molecule has 1 unspecified atom stereocenters. The normalized spacial score (nSPS) is 18.8. The minimum atomic E-state index is 0.474. The summed E-state index contributed by atoms with van der Waals surface area (Å²) in [5.41, 5.74) is 3.97. The molecule has 1 aliphatic heterocycles. The van der Waals surface area contributed by atoms with Gasteiger partial charge in [-0.1, -0.05) is 12.1 Å². The summed E-state index contributed by atoms with van der Waals surface area (Å²) in [5.74, 6) is 0.588. The lowest BCUT2D eigenvalue weighted by molar-refractivity contribution is 0.633. The van der Waals surface area contributed by atoms with E-state index in [0.29, 0.717) is 11.9 Å². The molecule has 1 aromatic heterocycles. The number of alkyl halides is 1. The van der Waals surface area contributed by atoms with Crippen LogP contribution < -0.4 is 4.90 Å². The molecule has 2 heterocycles. The number of hydrogen-bond acceptors (Lipinski definition) is 2. The van der Waals surface area contributed by atoms with Crippen LogP contribution in [0.1, 0.15) is 29.0 Å². The van der Waals surface area contributed by atoms with Gasteiger partial charge >= 0.3 is 0 Å².